The molecule has 0 fully saturated rings. The van der Waals surface area contributed by atoms with Crippen molar-refractivity contribution in [1.82, 2.24) is 9.88 Å². The number of rotatable bonds is 6. The van der Waals surface area contributed by atoms with Gasteiger partial charge in [0.15, 0.2) is 11.5 Å². The molecule has 0 N–H and O–H groups in total. The number of aryl methyl sites for hydroxylation is 1. The van der Waals surface area contributed by atoms with E-state index in [0.717, 1.165) is 22.5 Å². The fourth-order valence-electron chi connectivity index (χ4n) is 4.21. The molecular weight excluding hydrogens is 420 g/mol. The van der Waals surface area contributed by atoms with E-state index in [1.807, 2.05) is 56.9 Å². The highest BCUT2D eigenvalue weighted by Gasteiger charge is 2.36. The van der Waals surface area contributed by atoms with Gasteiger partial charge in [-0.1, -0.05) is 13.8 Å². The van der Waals surface area contributed by atoms with Crippen LogP contribution in [0.4, 0.5) is 4.79 Å². The monoisotopic (exact) mass is 456 g/mol. The molecule has 1 unspecified atom stereocenters. The number of pyridine rings is 1. The lowest BCUT2D eigenvalue weighted by Crippen LogP contribution is -2.44. The molecule has 1 aromatic heterocycles. The Hall–Kier alpha value is -2.96. The number of methoxy groups -OCH3 is 2. The maximum Gasteiger partial charge on any atom is 0.410 e. The minimum atomic E-state index is -0.542. The average molecular weight is 457 g/mol. The summed E-state index contributed by atoms with van der Waals surface area (Å²) in [6, 6.07) is 7.71. The second-order valence-electron chi connectivity index (χ2n) is 9.70. The highest BCUT2D eigenvalue weighted by atomic mass is 16.6. The van der Waals surface area contributed by atoms with E-state index in [0.29, 0.717) is 30.2 Å². The molecular formula is C26H36N2O5. The minimum Gasteiger partial charge on any atom is -0.495 e. The second kappa shape index (κ2) is 9.89. The fourth-order valence-corrected chi connectivity index (χ4v) is 4.21. The molecule has 1 amide bonds. The van der Waals surface area contributed by atoms with Crippen LogP contribution in [-0.2, 0) is 17.8 Å². The third-order valence-electron chi connectivity index (χ3n) is 5.62. The van der Waals surface area contributed by atoms with Crippen LogP contribution in [0.25, 0.3) is 0 Å². The van der Waals surface area contributed by atoms with E-state index < -0.39 is 5.60 Å². The summed E-state index contributed by atoms with van der Waals surface area (Å²) in [7, 11) is 3.25. The van der Waals surface area contributed by atoms with E-state index in [-0.39, 0.29) is 24.7 Å². The van der Waals surface area contributed by atoms with Crippen molar-refractivity contribution in [1.29, 1.82) is 0 Å². The van der Waals surface area contributed by atoms with Crippen LogP contribution in [0.3, 0.4) is 0 Å². The molecule has 7 nitrogen and oxygen atoms in total. The first kappa shape index (κ1) is 24.7. The Balaban J connectivity index is 1.91. The number of hydrogen-bond donors (Lipinski definition) is 0. The van der Waals surface area contributed by atoms with Gasteiger partial charge in [-0.2, -0.15) is 0 Å². The number of hydrogen-bond acceptors (Lipinski definition) is 6. The number of ether oxygens (including phenoxy) is 4. The van der Waals surface area contributed by atoms with Crippen molar-refractivity contribution >= 4 is 6.09 Å². The lowest BCUT2D eigenvalue weighted by atomic mass is 9.86. The first-order valence-corrected chi connectivity index (χ1v) is 11.4. The first-order valence-electron chi connectivity index (χ1n) is 11.4. The molecule has 0 saturated carbocycles. The van der Waals surface area contributed by atoms with Crippen molar-refractivity contribution in [2.24, 2.45) is 5.92 Å². The van der Waals surface area contributed by atoms with Crippen molar-refractivity contribution in [3.63, 3.8) is 0 Å². The van der Waals surface area contributed by atoms with Gasteiger partial charge in [0.1, 0.15) is 23.7 Å². The quantitative estimate of drug-likeness (QED) is 0.574. The van der Waals surface area contributed by atoms with E-state index in [1.165, 1.54) is 0 Å². The Morgan fingerprint density at radius 1 is 1.12 bits per heavy atom. The molecule has 1 aromatic carbocycles. The summed E-state index contributed by atoms with van der Waals surface area (Å²) < 4.78 is 22.9. The van der Waals surface area contributed by atoms with E-state index in [2.05, 4.69) is 18.8 Å². The largest absolute Gasteiger partial charge is 0.495 e. The average Bonchev–Trinajstić information content (AvgIpc) is 2.74. The fraction of sp³-hybridized carbons (Fsp3) is 0.538. The van der Waals surface area contributed by atoms with Crippen LogP contribution in [0, 0.1) is 12.8 Å². The zero-order chi connectivity index (χ0) is 24.3. The molecule has 7 heteroatoms. The van der Waals surface area contributed by atoms with E-state index in [1.54, 1.807) is 14.2 Å². The van der Waals surface area contributed by atoms with Gasteiger partial charge in [0.2, 0.25) is 0 Å². The van der Waals surface area contributed by atoms with Crippen LogP contribution in [-0.4, -0.2) is 42.3 Å². The first-order chi connectivity index (χ1) is 15.5. The Morgan fingerprint density at radius 2 is 1.82 bits per heavy atom. The maximum absolute atomic E-state index is 12.9. The van der Waals surface area contributed by atoms with Crippen LogP contribution in [0.1, 0.15) is 63.2 Å². The smallest absolute Gasteiger partial charge is 0.410 e. The van der Waals surface area contributed by atoms with Gasteiger partial charge >= 0.3 is 6.09 Å². The van der Waals surface area contributed by atoms with Crippen molar-refractivity contribution in [2.75, 3.05) is 20.8 Å². The van der Waals surface area contributed by atoms with E-state index in [9.17, 15) is 4.79 Å². The zero-order valence-corrected chi connectivity index (χ0v) is 21.0. The maximum atomic E-state index is 12.9. The van der Waals surface area contributed by atoms with Crippen molar-refractivity contribution in [2.45, 2.75) is 66.2 Å². The summed E-state index contributed by atoms with van der Waals surface area (Å²) in [5.41, 5.74) is 3.30. The molecule has 0 saturated heterocycles. The molecule has 2 aromatic rings. The van der Waals surface area contributed by atoms with Gasteiger partial charge < -0.3 is 23.8 Å². The highest BCUT2D eigenvalue weighted by Crippen LogP contribution is 2.42. The molecule has 1 aliphatic heterocycles. The number of fused-ring (bicyclic) bond motifs is 1. The molecule has 3 rings (SSSR count). The number of carbonyl (C=O) groups excluding carboxylic acids is 1. The lowest BCUT2D eigenvalue weighted by Gasteiger charge is -2.40. The number of carbonyl (C=O) groups is 1. The molecule has 2 heterocycles. The SMILES string of the molecule is COc1cc2c(cc1OCc1nc(C)ccc1OC)CCN(C(=O)OC(C)(C)C)C2C(C)C. The molecule has 180 valence electrons. The standard InChI is InChI=1S/C26H36N2O5/c1-16(2)24-19-14-22(31-8)23(32-15-20-21(30-7)10-9-17(3)27-20)13-18(19)11-12-28(24)25(29)33-26(4,5)6/h9-10,13-14,16,24H,11-12,15H2,1-8H3. The Morgan fingerprint density at radius 3 is 2.42 bits per heavy atom. The Kier molecular flexibility index (Phi) is 7.40. The van der Waals surface area contributed by atoms with Gasteiger partial charge in [0.25, 0.3) is 0 Å². The van der Waals surface area contributed by atoms with E-state index >= 15 is 0 Å². The number of amides is 1. The summed E-state index contributed by atoms with van der Waals surface area (Å²) in [6.45, 7) is 12.7. The van der Waals surface area contributed by atoms with Crippen molar-refractivity contribution < 1.29 is 23.7 Å². The van der Waals surface area contributed by atoms with Crippen LogP contribution in [0.15, 0.2) is 24.3 Å². The minimum absolute atomic E-state index is 0.106. The Labute approximate surface area is 197 Å². The number of nitrogens with zero attached hydrogens (tertiary/aromatic N) is 2. The van der Waals surface area contributed by atoms with Gasteiger partial charge in [0.05, 0.1) is 20.3 Å². The molecule has 0 radical (unpaired) electrons. The summed E-state index contributed by atoms with van der Waals surface area (Å²) in [5.74, 6) is 2.16. The van der Waals surface area contributed by atoms with Crippen LogP contribution in [0.5, 0.6) is 17.2 Å². The summed E-state index contributed by atoms with van der Waals surface area (Å²) in [4.78, 5) is 19.3. The zero-order valence-electron chi connectivity index (χ0n) is 21.0. The molecule has 0 spiro atoms. The molecule has 0 bridgehead atoms. The highest BCUT2D eigenvalue weighted by molar-refractivity contribution is 5.70. The number of benzene rings is 1. The third kappa shape index (κ3) is 5.70. The number of aromatic nitrogens is 1. The van der Waals surface area contributed by atoms with Crippen molar-refractivity contribution in [3.05, 3.63) is 46.8 Å². The van der Waals surface area contributed by atoms with Crippen LogP contribution >= 0.6 is 0 Å². The predicted molar refractivity (Wildman–Crippen MR) is 127 cm³/mol. The Bertz CT molecular complexity index is 997. The second-order valence-corrected chi connectivity index (χ2v) is 9.70. The van der Waals surface area contributed by atoms with Gasteiger partial charge in [-0.3, -0.25) is 4.98 Å². The van der Waals surface area contributed by atoms with Crippen LogP contribution < -0.4 is 14.2 Å². The van der Waals surface area contributed by atoms with Gasteiger partial charge in [0, 0.05) is 12.2 Å². The van der Waals surface area contributed by atoms with Gasteiger partial charge in [-0.15, -0.1) is 0 Å². The molecule has 33 heavy (non-hydrogen) atoms. The lowest BCUT2D eigenvalue weighted by molar-refractivity contribution is 0.00872. The van der Waals surface area contributed by atoms with Gasteiger partial charge in [-0.05, 0) is 75.4 Å². The van der Waals surface area contributed by atoms with Crippen molar-refractivity contribution in [3.8, 4) is 17.2 Å². The van der Waals surface area contributed by atoms with Gasteiger partial charge in [-0.25, -0.2) is 4.79 Å². The summed E-state index contributed by atoms with van der Waals surface area (Å²) in [5, 5.41) is 0. The third-order valence-corrected chi connectivity index (χ3v) is 5.62. The topological polar surface area (TPSA) is 70.1 Å². The summed E-state index contributed by atoms with van der Waals surface area (Å²) in [6.07, 6.45) is 0.424. The predicted octanol–water partition coefficient (Wildman–Crippen LogP) is 5.48. The molecule has 0 aliphatic carbocycles. The normalized spacial score (nSPS) is 15.8. The van der Waals surface area contributed by atoms with E-state index in [4.69, 9.17) is 18.9 Å². The summed E-state index contributed by atoms with van der Waals surface area (Å²) >= 11 is 0. The molecule has 1 aliphatic rings. The molecule has 1 atom stereocenters. The van der Waals surface area contributed by atoms with Crippen LogP contribution in [0.2, 0.25) is 0 Å².